The molecule has 2 aromatic rings. The molecule has 0 saturated heterocycles. The normalized spacial score (nSPS) is 12.4. The average molecular weight is 311 g/mol. The second-order valence-electron chi connectivity index (χ2n) is 4.54. The lowest BCUT2D eigenvalue weighted by Gasteiger charge is -2.17. The van der Waals surface area contributed by atoms with Gasteiger partial charge in [0.15, 0.2) is 0 Å². The van der Waals surface area contributed by atoms with E-state index in [-0.39, 0.29) is 11.9 Å². The standard InChI is InChI=1S/C15H16ClFN2S/c1-9-7-14(11(8-13(9)17)10(2)18-3)20-15-12(16)5-4-6-19-15/h4-8,10,18H,1-3H3. The van der Waals surface area contributed by atoms with Crippen LogP contribution in [0.25, 0.3) is 0 Å². The van der Waals surface area contributed by atoms with Crippen LogP contribution in [0.15, 0.2) is 40.4 Å². The van der Waals surface area contributed by atoms with Crippen LogP contribution in [0.4, 0.5) is 4.39 Å². The van der Waals surface area contributed by atoms with E-state index in [2.05, 4.69) is 10.3 Å². The van der Waals surface area contributed by atoms with Gasteiger partial charge in [0.1, 0.15) is 10.8 Å². The Labute approximate surface area is 127 Å². The predicted octanol–water partition coefficient (Wildman–Crippen LogP) is 4.61. The molecule has 0 spiro atoms. The Morgan fingerprint density at radius 1 is 1.40 bits per heavy atom. The van der Waals surface area contributed by atoms with Gasteiger partial charge in [-0.1, -0.05) is 23.4 Å². The number of aryl methyl sites for hydroxylation is 1. The summed E-state index contributed by atoms with van der Waals surface area (Å²) in [5.74, 6) is -0.196. The third-order valence-electron chi connectivity index (χ3n) is 3.12. The van der Waals surface area contributed by atoms with E-state index >= 15 is 0 Å². The number of hydrogen-bond acceptors (Lipinski definition) is 3. The van der Waals surface area contributed by atoms with Crippen LogP contribution in [0.5, 0.6) is 0 Å². The Kier molecular flexibility index (Phi) is 5.02. The molecule has 1 atom stereocenters. The van der Waals surface area contributed by atoms with Gasteiger partial charge in [0, 0.05) is 17.1 Å². The Balaban J connectivity index is 2.45. The van der Waals surface area contributed by atoms with E-state index in [9.17, 15) is 4.39 Å². The first-order chi connectivity index (χ1) is 9.52. The van der Waals surface area contributed by atoms with Crippen LogP contribution < -0.4 is 5.32 Å². The number of halogens is 2. The second-order valence-corrected chi connectivity index (χ2v) is 5.98. The van der Waals surface area contributed by atoms with Crippen LogP contribution in [0.1, 0.15) is 24.1 Å². The minimum atomic E-state index is -0.196. The van der Waals surface area contributed by atoms with E-state index in [0.717, 1.165) is 15.5 Å². The fraction of sp³-hybridized carbons (Fsp3) is 0.267. The third-order valence-corrected chi connectivity index (χ3v) is 4.63. The van der Waals surface area contributed by atoms with Crippen molar-refractivity contribution >= 4 is 23.4 Å². The third kappa shape index (κ3) is 3.32. The van der Waals surface area contributed by atoms with Gasteiger partial charge in [0.05, 0.1) is 5.02 Å². The molecule has 0 fully saturated rings. The lowest BCUT2D eigenvalue weighted by molar-refractivity contribution is 0.594. The Morgan fingerprint density at radius 3 is 2.80 bits per heavy atom. The van der Waals surface area contributed by atoms with Gasteiger partial charge in [-0.05, 0) is 56.3 Å². The molecule has 1 aromatic heterocycles. The maximum atomic E-state index is 13.8. The second kappa shape index (κ2) is 6.57. The molecule has 1 heterocycles. The molecule has 0 saturated carbocycles. The molecular formula is C15H16ClFN2S. The first kappa shape index (κ1) is 15.3. The van der Waals surface area contributed by atoms with Gasteiger partial charge in [-0.3, -0.25) is 0 Å². The van der Waals surface area contributed by atoms with Crippen LogP contribution >= 0.6 is 23.4 Å². The SMILES string of the molecule is CNC(C)c1cc(F)c(C)cc1Sc1ncccc1Cl. The average Bonchev–Trinajstić information content (AvgIpc) is 2.44. The zero-order valence-corrected chi connectivity index (χ0v) is 13.1. The predicted molar refractivity (Wildman–Crippen MR) is 82.0 cm³/mol. The topological polar surface area (TPSA) is 24.9 Å². The fourth-order valence-electron chi connectivity index (χ4n) is 1.80. The van der Waals surface area contributed by atoms with Crippen LogP contribution in [-0.2, 0) is 0 Å². The first-order valence-corrected chi connectivity index (χ1v) is 7.48. The molecule has 0 aliphatic rings. The number of nitrogens with zero attached hydrogens (tertiary/aromatic N) is 1. The number of pyridine rings is 1. The molecule has 0 aliphatic carbocycles. The van der Waals surface area contributed by atoms with E-state index in [0.29, 0.717) is 10.6 Å². The summed E-state index contributed by atoms with van der Waals surface area (Å²) in [6, 6.07) is 7.06. The summed E-state index contributed by atoms with van der Waals surface area (Å²) in [4.78, 5) is 5.23. The minimum absolute atomic E-state index is 0.0510. The van der Waals surface area contributed by atoms with Gasteiger partial charge >= 0.3 is 0 Å². The molecule has 1 unspecified atom stereocenters. The van der Waals surface area contributed by atoms with Gasteiger partial charge in [0.25, 0.3) is 0 Å². The maximum absolute atomic E-state index is 13.8. The quantitative estimate of drug-likeness (QED) is 0.892. The molecule has 0 radical (unpaired) electrons. The van der Waals surface area contributed by atoms with E-state index in [1.54, 1.807) is 31.3 Å². The molecule has 1 N–H and O–H groups in total. The molecular weight excluding hydrogens is 295 g/mol. The smallest absolute Gasteiger partial charge is 0.126 e. The monoisotopic (exact) mass is 310 g/mol. The number of aromatic nitrogens is 1. The van der Waals surface area contributed by atoms with Gasteiger partial charge in [-0.25, -0.2) is 9.37 Å². The number of benzene rings is 1. The summed E-state index contributed by atoms with van der Waals surface area (Å²) in [5, 5.41) is 4.46. The van der Waals surface area contributed by atoms with E-state index < -0.39 is 0 Å². The Hall–Kier alpha value is -1.10. The summed E-state index contributed by atoms with van der Waals surface area (Å²) < 4.78 is 13.8. The molecule has 2 rings (SSSR count). The Bertz CT molecular complexity index is 619. The van der Waals surface area contributed by atoms with E-state index in [1.165, 1.54) is 11.8 Å². The molecule has 0 bridgehead atoms. The van der Waals surface area contributed by atoms with Crippen LogP contribution in [-0.4, -0.2) is 12.0 Å². The zero-order valence-electron chi connectivity index (χ0n) is 11.6. The van der Waals surface area contributed by atoms with Gasteiger partial charge < -0.3 is 5.32 Å². The van der Waals surface area contributed by atoms with E-state index in [4.69, 9.17) is 11.6 Å². The minimum Gasteiger partial charge on any atom is -0.313 e. The highest BCUT2D eigenvalue weighted by Gasteiger charge is 2.15. The van der Waals surface area contributed by atoms with Crippen LogP contribution in [0, 0.1) is 12.7 Å². The summed E-state index contributed by atoms with van der Waals surface area (Å²) in [6.07, 6.45) is 1.70. The first-order valence-electron chi connectivity index (χ1n) is 6.28. The van der Waals surface area contributed by atoms with Crippen molar-refractivity contribution in [2.24, 2.45) is 0 Å². The number of hydrogen-bond donors (Lipinski definition) is 1. The molecule has 20 heavy (non-hydrogen) atoms. The maximum Gasteiger partial charge on any atom is 0.126 e. The highest BCUT2D eigenvalue weighted by molar-refractivity contribution is 7.99. The van der Waals surface area contributed by atoms with Crippen molar-refractivity contribution in [3.63, 3.8) is 0 Å². The van der Waals surface area contributed by atoms with Crippen molar-refractivity contribution in [1.29, 1.82) is 0 Å². The van der Waals surface area contributed by atoms with Crippen LogP contribution in [0.2, 0.25) is 5.02 Å². The summed E-state index contributed by atoms with van der Waals surface area (Å²) in [6.45, 7) is 3.75. The highest BCUT2D eigenvalue weighted by atomic mass is 35.5. The molecule has 2 nitrogen and oxygen atoms in total. The van der Waals surface area contributed by atoms with Crippen molar-refractivity contribution < 1.29 is 4.39 Å². The van der Waals surface area contributed by atoms with Crippen molar-refractivity contribution in [1.82, 2.24) is 10.3 Å². The van der Waals surface area contributed by atoms with Crippen molar-refractivity contribution in [3.8, 4) is 0 Å². The lowest BCUT2D eigenvalue weighted by Crippen LogP contribution is -2.13. The fourth-order valence-corrected chi connectivity index (χ4v) is 3.12. The lowest BCUT2D eigenvalue weighted by atomic mass is 10.1. The van der Waals surface area contributed by atoms with Crippen LogP contribution in [0.3, 0.4) is 0 Å². The van der Waals surface area contributed by atoms with Crippen molar-refractivity contribution in [2.75, 3.05) is 7.05 Å². The van der Waals surface area contributed by atoms with E-state index in [1.807, 2.05) is 20.0 Å². The molecule has 1 aromatic carbocycles. The van der Waals surface area contributed by atoms with Gasteiger partial charge in [-0.2, -0.15) is 0 Å². The van der Waals surface area contributed by atoms with Gasteiger partial charge in [-0.15, -0.1) is 0 Å². The van der Waals surface area contributed by atoms with Gasteiger partial charge in [0.2, 0.25) is 0 Å². The highest BCUT2D eigenvalue weighted by Crippen LogP contribution is 2.36. The summed E-state index contributed by atoms with van der Waals surface area (Å²) in [7, 11) is 1.85. The molecule has 5 heteroatoms. The largest absolute Gasteiger partial charge is 0.313 e. The Morgan fingerprint density at radius 2 is 2.15 bits per heavy atom. The van der Waals surface area contributed by atoms with Crippen molar-refractivity contribution in [3.05, 3.63) is 52.4 Å². The molecule has 0 aliphatic heterocycles. The summed E-state index contributed by atoms with van der Waals surface area (Å²) >= 11 is 7.60. The number of rotatable bonds is 4. The van der Waals surface area contributed by atoms with Crippen molar-refractivity contribution in [2.45, 2.75) is 29.8 Å². The number of nitrogens with one attached hydrogen (secondary N) is 1. The molecule has 0 amide bonds. The zero-order chi connectivity index (χ0) is 14.7. The molecule has 106 valence electrons. The summed E-state index contributed by atoms with van der Waals surface area (Å²) in [5.41, 5.74) is 1.52.